The number of Topliss-reactive ketones (excluding diaryl/α,β-unsaturated/α-hetero) is 1. The summed E-state index contributed by atoms with van der Waals surface area (Å²) >= 11 is 0. The molecule has 0 amide bonds. The zero-order valence-electron chi connectivity index (χ0n) is 12.3. The van der Waals surface area contributed by atoms with Crippen LogP contribution in [0.1, 0.15) is 55.3 Å². The molecule has 1 aromatic heterocycles. The van der Waals surface area contributed by atoms with E-state index in [0.717, 1.165) is 35.5 Å². The minimum absolute atomic E-state index is 0.150. The smallest absolute Gasteiger partial charge is 0.166 e. The highest BCUT2D eigenvalue weighted by Crippen LogP contribution is 2.32. The van der Waals surface area contributed by atoms with Crippen LogP contribution in [-0.2, 0) is 11.8 Å². The molecule has 20 heavy (non-hydrogen) atoms. The lowest BCUT2D eigenvalue weighted by atomic mass is 9.86. The highest BCUT2D eigenvalue weighted by molar-refractivity contribution is 5.98. The zero-order chi connectivity index (χ0) is 14.3. The van der Waals surface area contributed by atoms with E-state index in [9.17, 15) is 4.79 Å². The van der Waals surface area contributed by atoms with E-state index in [0.29, 0.717) is 6.42 Å². The Balaban J connectivity index is 1.96. The Morgan fingerprint density at radius 2 is 1.75 bits per heavy atom. The van der Waals surface area contributed by atoms with Crippen LogP contribution in [0.2, 0.25) is 0 Å². The van der Waals surface area contributed by atoms with Crippen molar-refractivity contribution >= 4 is 5.78 Å². The SMILES string of the molecule is CC(C)(C)c1ccc(-c2cc3c(o2)CCCC3=O)cc1. The largest absolute Gasteiger partial charge is 0.460 e. The van der Waals surface area contributed by atoms with E-state index in [1.807, 2.05) is 6.07 Å². The van der Waals surface area contributed by atoms with Crippen molar-refractivity contribution in [2.45, 2.75) is 45.4 Å². The van der Waals surface area contributed by atoms with Crippen molar-refractivity contribution in [2.24, 2.45) is 0 Å². The average molecular weight is 268 g/mol. The number of carbonyl (C=O) groups is 1. The first-order valence-corrected chi connectivity index (χ1v) is 7.22. The fraction of sp³-hybridized carbons (Fsp3) is 0.389. The highest BCUT2D eigenvalue weighted by atomic mass is 16.3. The quantitative estimate of drug-likeness (QED) is 0.746. The van der Waals surface area contributed by atoms with Gasteiger partial charge in [0.25, 0.3) is 0 Å². The maximum Gasteiger partial charge on any atom is 0.166 e. The summed E-state index contributed by atoms with van der Waals surface area (Å²) in [6.45, 7) is 6.60. The van der Waals surface area contributed by atoms with Crippen molar-refractivity contribution in [3.63, 3.8) is 0 Å². The highest BCUT2D eigenvalue weighted by Gasteiger charge is 2.22. The third kappa shape index (κ3) is 2.31. The Bertz CT molecular complexity index is 639. The van der Waals surface area contributed by atoms with Crippen LogP contribution in [0.4, 0.5) is 0 Å². The topological polar surface area (TPSA) is 30.2 Å². The van der Waals surface area contributed by atoms with Gasteiger partial charge in [0, 0.05) is 18.4 Å². The van der Waals surface area contributed by atoms with Gasteiger partial charge in [-0.05, 0) is 23.5 Å². The van der Waals surface area contributed by atoms with Crippen molar-refractivity contribution in [3.8, 4) is 11.3 Å². The molecule has 1 aromatic carbocycles. The lowest BCUT2D eigenvalue weighted by molar-refractivity contribution is 0.0969. The first-order chi connectivity index (χ1) is 9.45. The molecule has 0 unspecified atom stereocenters. The van der Waals surface area contributed by atoms with Gasteiger partial charge in [0.2, 0.25) is 0 Å². The molecule has 104 valence electrons. The fourth-order valence-corrected chi connectivity index (χ4v) is 2.67. The number of furan rings is 1. The standard InChI is InChI=1S/C18H20O2/c1-18(2,3)13-9-7-12(8-10-13)17-11-14-15(19)5-4-6-16(14)20-17/h7-11H,4-6H2,1-3H3. The lowest BCUT2D eigenvalue weighted by Gasteiger charge is -2.18. The Labute approximate surface area is 119 Å². The number of benzene rings is 1. The summed E-state index contributed by atoms with van der Waals surface area (Å²) in [5.74, 6) is 1.88. The summed E-state index contributed by atoms with van der Waals surface area (Å²) in [5.41, 5.74) is 3.27. The molecule has 0 radical (unpaired) electrons. The molecule has 0 atom stereocenters. The lowest BCUT2D eigenvalue weighted by Crippen LogP contribution is -2.10. The van der Waals surface area contributed by atoms with Crippen LogP contribution in [0.25, 0.3) is 11.3 Å². The summed E-state index contributed by atoms with van der Waals surface area (Å²) in [6, 6.07) is 10.3. The maximum atomic E-state index is 11.9. The van der Waals surface area contributed by atoms with Gasteiger partial charge in [0.15, 0.2) is 5.78 Å². The van der Waals surface area contributed by atoms with Gasteiger partial charge in [-0.1, -0.05) is 45.0 Å². The molecule has 2 aromatic rings. The summed E-state index contributed by atoms with van der Waals surface area (Å²) in [6.07, 6.45) is 2.43. The van der Waals surface area contributed by atoms with Crippen LogP contribution in [0.15, 0.2) is 34.7 Å². The monoisotopic (exact) mass is 268 g/mol. The van der Waals surface area contributed by atoms with Crippen molar-refractivity contribution in [1.82, 2.24) is 0 Å². The molecule has 0 saturated heterocycles. The van der Waals surface area contributed by atoms with Crippen LogP contribution in [0, 0.1) is 0 Å². The van der Waals surface area contributed by atoms with Crippen LogP contribution in [0.3, 0.4) is 0 Å². The molecule has 0 spiro atoms. The number of hydrogen-bond acceptors (Lipinski definition) is 2. The Morgan fingerprint density at radius 1 is 1.05 bits per heavy atom. The minimum Gasteiger partial charge on any atom is -0.460 e. The molecule has 0 N–H and O–H groups in total. The average Bonchev–Trinajstić information content (AvgIpc) is 2.83. The molecule has 1 aliphatic carbocycles. The van der Waals surface area contributed by atoms with E-state index in [2.05, 4.69) is 45.0 Å². The van der Waals surface area contributed by atoms with Crippen LogP contribution in [-0.4, -0.2) is 5.78 Å². The van der Waals surface area contributed by atoms with Crippen molar-refractivity contribution in [3.05, 3.63) is 47.2 Å². The second-order valence-corrected chi connectivity index (χ2v) is 6.55. The molecule has 2 heteroatoms. The molecule has 0 bridgehead atoms. The third-order valence-corrected chi connectivity index (χ3v) is 3.95. The summed E-state index contributed by atoms with van der Waals surface area (Å²) in [7, 11) is 0. The zero-order valence-corrected chi connectivity index (χ0v) is 12.3. The predicted molar refractivity (Wildman–Crippen MR) is 80.1 cm³/mol. The number of carbonyl (C=O) groups excluding carboxylic acids is 1. The van der Waals surface area contributed by atoms with Gasteiger partial charge in [0.05, 0.1) is 5.56 Å². The third-order valence-electron chi connectivity index (χ3n) is 3.95. The summed E-state index contributed by atoms with van der Waals surface area (Å²) in [5, 5.41) is 0. The molecule has 3 rings (SSSR count). The van der Waals surface area contributed by atoms with Gasteiger partial charge in [-0.2, -0.15) is 0 Å². The second kappa shape index (κ2) is 4.62. The van der Waals surface area contributed by atoms with Gasteiger partial charge in [-0.25, -0.2) is 0 Å². The second-order valence-electron chi connectivity index (χ2n) is 6.55. The van der Waals surface area contributed by atoms with Gasteiger partial charge in [-0.3, -0.25) is 4.79 Å². The van der Waals surface area contributed by atoms with Crippen LogP contribution >= 0.6 is 0 Å². The first-order valence-electron chi connectivity index (χ1n) is 7.22. The van der Waals surface area contributed by atoms with Gasteiger partial charge in [-0.15, -0.1) is 0 Å². The molecule has 1 aliphatic rings. The molecular weight excluding hydrogens is 248 g/mol. The van der Waals surface area contributed by atoms with Crippen molar-refractivity contribution in [1.29, 1.82) is 0 Å². The van der Waals surface area contributed by atoms with Gasteiger partial charge >= 0.3 is 0 Å². The van der Waals surface area contributed by atoms with E-state index in [-0.39, 0.29) is 11.2 Å². The molecule has 0 aliphatic heterocycles. The van der Waals surface area contributed by atoms with E-state index < -0.39 is 0 Å². The van der Waals surface area contributed by atoms with E-state index >= 15 is 0 Å². The van der Waals surface area contributed by atoms with E-state index in [1.165, 1.54) is 5.56 Å². The fourth-order valence-electron chi connectivity index (χ4n) is 2.67. The minimum atomic E-state index is 0.150. The first kappa shape index (κ1) is 13.2. The van der Waals surface area contributed by atoms with Crippen molar-refractivity contribution < 1.29 is 9.21 Å². The molecule has 2 nitrogen and oxygen atoms in total. The number of fused-ring (bicyclic) bond motifs is 1. The molecule has 1 heterocycles. The predicted octanol–water partition coefficient (Wildman–Crippen LogP) is 4.76. The van der Waals surface area contributed by atoms with E-state index in [1.54, 1.807) is 0 Å². The van der Waals surface area contributed by atoms with Crippen LogP contribution < -0.4 is 0 Å². The van der Waals surface area contributed by atoms with Gasteiger partial charge in [0.1, 0.15) is 11.5 Å². The van der Waals surface area contributed by atoms with Crippen molar-refractivity contribution in [2.75, 3.05) is 0 Å². The molecular formula is C18H20O2. The van der Waals surface area contributed by atoms with Crippen LogP contribution in [0.5, 0.6) is 0 Å². The molecule has 0 saturated carbocycles. The molecule has 0 fully saturated rings. The number of hydrogen-bond donors (Lipinski definition) is 0. The Morgan fingerprint density at radius 3 is 2.35 bits per heavy atom. The Hall–Kier alpha value is -1.83. The Kier molecular flexibility index (Phi) is 3.04. The number of ketones is 1. The van der Waals surface area contributed by atoms with Gasteiger partial charge < -0.3 is 4.42 Å². The number of rotatable bonds is 1. The summed E-state index contributed by atoms with van der Waals surface area (Å²) < 4.78 is 5.87. The van der Waals surface area contributed by atoms with E-state index in [4.69, 9.17) is 4.42 Å². The normalized spacial score (nSPS) is 15.2. The maximum absolute atomic E-state index is 11.9. The number of aryl methyl sites for hydroxylation is 1. The summed E-state index contributed by atoms with van der Waals surface area (Å²) in [4.78, 5) is 11.9.